The second kappa shape index (κ2) is 6.05. The van der Waals surface area contributed by atoms with Crippen molar-refractivity contribution >= 4 is 0 Å². The molecular formula is C17H28N4. The van der Waals surface area contributed by atoms with Gasteiger partial charge in [0.1, 0.15) is 0 Å². The van der Waals surface area contributed by atoms with Gasteiger partial charge < -0.3 is 10.6 Å². The molecule has 2 unspecified atom stereocenters. The molecule has 1 aromatic carbocycles. The lowest BCUT2D eigenvalue weighted by Gasteiger charge is -2.45. The predicted molar refractivity (Wildman–Crippen MR) is 87.4 cm³/mol. The lowest BCUT2D eigenvalue weighted by Crippen LogP contribution is -2.51. The first-order valence-corrected chi connectivity index (χ1v) is 8.03. The van der Waals surface area contributed by atoms with Crippen LogP contribution < -0.4 is 5.73 Å². The summed E-state index contributed by atoms with van der Waals surface area (Å²) < 4.78 is 0. The molecule has 2 heterocycles. The van der Waals surface area contributed by atoms with Crippen LogP contribution in [0.5, 0.6) is 0 Å². The first kappa shape index (κ1) is 15.0. The van der Waals surface area contributed by atoms with Gasteiger partial charge in [-0.25, -0.2) is 0 Å². The highest BCUT2D eigenvalue weighted by molar-refractivity contribution is 5.38. The average Bonchev–Trinajstić information content (AvgIpc) is 2.48. The van der Waals surface area contributed by atoms with Gasteiger partial charge in [0.25, 0.3) is 0 Å². The van der Waals surface area contributed by atoms with E-state index in [1.807, 2.05) is 0 Å². The Morgan fingerprint density at radius 2 is 1.81 bits per heavy atom. The molecular weight excluding hydrogens is 260 g/mol. The minimum absolute atomic E-state index is 0.365. The number of nitrogens with two attached hydrogens (primary N) is 1. The lowest BCUT2D eigenvalue weighted by atomic mass is 9.87. The van der Waals surface area contributed by atoms with Crippen molar-refractivity contribution in [3.63, 3.8) is 0 Å². The molecule has 1 fully saturated rings. The number of rotatable bonds is 2. The zero-order valence-electron chi connectivity index (χ0n) is 13.5. The van der Waals surface area contributed by atoms with Crippen molar-refractivity contribution in [3.8, 4) is 0 Å². The molecule has 0 aromatic heterocycles. The number of likely N-dealkylation sites (N-methyl/N-ethyl adjacent to an activating group) is 2. The summed E-state index contributed by atoms with van der Waals surface area (Å²) in [5.41, 5.74) is 10.3. The van der Waals surface area contributed by atoms with Crippen LogP contribution in [0.1, 0.15) is 28.8 Å². The summed E-state index contributed by atoms with van der Waals surface area (Å²) in [7, 11) is 4.43. The molecule has 0 amide bonds. The van der Waals surface area contributed by atoms with E-state index < -0.39 is 0 Å². The third-order valence-electron chi connectivity index (χ3n) is 5.16. The van der Waals surface area contributed by atoms with Gasteiger partial charge in [-0.3, -0.25) is 9.80 Å². The van der Waals surface area contributed by atoms with E-state index in [2.05, 4.69) is 53.9 Å². The molecule has 0 aliphatic carbocycles. The number of benzene rings is 1. The van der Waals surface area contributed by atoms with Crippen molar-refractivity contribution in [2.75, 3.05) is 53.4 Å². The highest BCUT2D eigenvalue weighted by atomic mass is 15.3. The standard InChI is InChI=1S/C17H28N4/c1-13-4-5-14-15(10-13)17(12-20(3)16(14)11-18)21-8-6-19(2)7-9-21/h4-5,10,16-17H,6-9,11-12,18H2,1-3H3. The van der Waals surface area contributed by atoms with Crippen molar-refractivity contribution in [1.29, 1.82) is 0 Å². The molecule has 0 bridgehead atoms. The molecule has 0 radical (unpaired) electrons. The number of hydrogen-bond donors (Lipinski definition) is 1. The van der Waals surface area contributed by atoms with Gasteiger partial charge in [-0.1, -0.05) is 23.8 Å². The lowest BCUT2D eigenvalue weighted by molar-refractivity contribution is 0.0700. The van der Waals surface area contributed by atoms with Crippen LogP contribution in [0.25, 0.3) is 0 Å². The Morgan fingerprint density at radius 1 is 1.10 bits per heavy atom. The quantitative estimate of drug-likeness (QED) is 0.888. The zero-order valence-corrected chi connectivity index (χ0v) is 13.5. The van der Waals surface area contributed by atoms with E-state index in [1.54, 1.807) is 0 Å². The summed E-state index contributed by atoms with van der Waals surface area (Å²) in [5, 5.41) is 0. The Balaban J connectivity index is 1.93. The Morgan fingerprint density at radius 3 is 2.48 bits per heavy atom. The van der Waals surface area contributed by atoms with Crippen LogP contribution in [-0.2, 0) is 0 Å². The Bertz CT molecular complexity index is 494. The Labute approximate surface area is 128 Å². The topological polar surface area (TPSA) is 35.7 Å². The number of aryl methyl sites for hydroxylation is 1. The van der Waals surface area contributed by atoms with Gasteiger partial charge in [-0.2, -0.15) is 0 Å². The highest BCUT2D eigenvalue weighted by Gasteiger charge is 2.34. The fourth-order valence-corrected chi connectivity index (χ4v) is 3.77. The van der Waals surface area contributed by atoms with Crippen molar-refractivity contribution in [2.45, 2.75) is 19.0 Å². The van der Waals surface area contributed by atoms with E-state index in [0.29, 0.717) is 18.6 Å². The van der Waals surface area contributed by atoms with Crippen LogP contribution in [0, 0.1) is 6.92 Å². The van der Waals surface area contributed by atoms with Crippen LogP contribution in [0.2, 0.25) is 0 Å². The molecule has 2 atom stereocenters. The van der Waals surface area contributed by atoms with Gasteiger partial charge in [-0.15, -0.1) is 0 Å². The maximum atomic E-state index is 6.03. The van der Waals surface area contributed by atoms with Gasteiger partial charge >= 0.3 is 0 Å². The van der Waals surface area contributed by atoms with Gasteiger partial charge in [0.2, 0.25) is 0 Å². The molecule has 2 aliphatic heterocycles. The third kappa shape index (κ3) is 2.86. The monoisotopic (exact) mass is 288 g/mol. The van der Waals surface area contributed by atoms with E-state index in [-0.39, 0.29) is 0 Å². The van der Waals surface area contributed by atoms with Crippen molar-refractivity contribution in [3.05, 3.63) is 34.9 Å². The molecule has 2 N–H and O–H groups in total. The zero-order chi connectivity index (χ0) is 15.0. The summed E-state index contributed by atoms with van der Waals surface area (Å²) >= 11 is 0. The predicted octanol–water partition coefficient (Wildman–Crippen LogP) is 1.23. The molecule has 0 saturated carbocycles. The minimum Gasteiger partial charge on any atom is -0.329 e. The number of nitrogens with zero attached hydrogens (tertiary/aromatic N) is 3. The van der Waals surface area contributed by atoms with E-state index >= 15 is 0 Å². The summed E-state index contributed by atoms with van der Waals surface area (Å²) in [5.74, 6) is 0. The number of fused-ring (bicyclic) bond motifs is 1. The van der Waals surface area contributed by atoms with Gasteiger partial charge in [0.15, 0.2) is 0 Å². The van der Waals surface area contributed by atoms with Crippen molar-refractivity contribution in [1.82, 2.24) is 14.7 Å². The molecule has 0 spiro atoms. The first-order valence-electron chi connectivity index (χ1n) is 8.03. The highest BCUT2D eigenvalue weighted by Crippen LogP contribution is 2.37. The average molecular weight is 288 g/mol. The fourth-order valence-electron chi connectivity index (χ4n) is 3.77. The van der Waals surface area contributed by atoms with Gasteiger partial charge in [0.05, 0.1) is 0 Å². The molecule has 1 saturated heterocycles. The Kier molecular flexibility index (Phi) is 4.31. The molecule has 1 aromatic rings. The van der Waals surface area contributed by atoms with Crippen LogP contribution in [-0.4, -0.2) is 68.1 Å². The summed E-state index contributed by atoms with van der Waals surface area (Å²) in [6, 6.07) is 7.78. The Hall–Kier alpha value is -0.940. The molecule has 4 nitrogen and oxygen atoms in total. The van der Waals surface area contributed by atoms with Crippen molar-refractivity contribution < 1.29 is 0 Å². The molecule has 3 rings (SSSR count). The minimum atomic E-state index is 0.365. The van der Waals surface area contributed by atoms with Crippen molar-refractivity contribution in [2.24, 2.45) is 5.73 Å². The number of piperazine rings is 1. The first-order chi connectivity index (χ1) is 10.1. The second-order valence-corrected chi connectivity index (χ2v) is 6.68. The number of hydrogen-bond acceptors (Lipinski definition) is 4. The van der Waals surface area contributed by atoms with E-state index in [0.717, 1.165) is 19.6 Å². The molecule has 4 heteroatoms. The molecule has 2 aliphatic rings. The van der Waals surface area contributed by atoms with E-state index in [9.17, 15) is 0 Å². The summed E-state index contributed by atoms with van der Waals surface area (Å²) in [6.45, 7) is 8.63. The van der Waals surface area contributed by atoms with Crippen LogP contribution >= 0.6 is 0 Å². The van der Waals surface area contributed by atoms with Crippen LogP contribution in [0.3, 0.4) is 0 Å². The summed E-state index contributed by atoms with van der Waals surface area (Å²) in [4.78, 5) is 7.51. The third-order valence-corrected chi connectivity index (χ3v) is 5.16. The normalized spacial score (nSPS) is 28.6. The fraction of sp³-hybridized carbons (Fsp3) is 0.647. The van der Waals surface area contributed by atoms with E-state index in [1.165, 1.54) is 29.8 Å². The van der Waals surface area contributed by atoms with E-state index in [4.69, 9.17) is 5.73 Å². The maximum absolute atomic E-state index is 6.03. The smallest absolute Gasteiger partial charge is 0.0479 e. The molecule has 116 valence electrons. The molecule has 21 heavy (non-hydrogen) atoms. The SMILES string of the molecule is Cc1ccc2c(c1)C(N1CCN(C)CC1)CN(C)C2CN. The largest absolute Gasteiger partial charge is 0.329 e. The second-order valence-electron chi connectivity index (χ2n) is 6.68. The van der Waals surface area contributed by atoms with Crippen LogP contribution in [0.4, 0.5) is 0 Å². The summed E-state index contributed by atoms with van der Waals surface area (Å²) in [6.07, 6.45) is 0. The van der Waals surface area contributed by atoms with Crippen LogP contribution in [0.15, 0.2) is 18.2 Å². The maximum Gasteiger partial charge on any atom is 0.0479 e. The van der Waals surface area contributed by atoms with Gasteiger partial charge in [0, 0.05) is 51.4 Å². The van der Waals surface area contributed by atoms with Gasteiger partial charge in [-0.05, 0) is 32.1 Å².